The van der Waals surface area contributed by atoms with Crippen LogP contribution in [0, 0.1) is 0 Å². The van der Waals surface area contributed by atoms with Crippen molar-refractivity contribution in [2.45, 2.75) is 77.5 Å². The smallest absolute Gasteiger partial charge is 0.452 e. The normalized spacial score (nSPS) is 14.1. The van der Waals surface area contributed by atoms with Gasteiger partial charge in [0.25, 0.3) is 0 Å². The maximum absolute atomic E-state index is 12.2. The molecule has 0 aromatic heterocycles. The molecule has 1 aliphatic heterocycles. The molecule has 0 aromatic rings. The number of hydrogen-bond acceptors (Lipinski definition) is 9. The van der Waals surface area contributed by atoms with Gasteiger partial charge < -0.3 is 28.8 Å². The number of hydrogen-bond donors (Lipinski definition) is 1. The highest BCUT2D eigenvalue weighted by molar-refractivity contribution is 6.01. The van der Waals surface area contributed by atoms with Crippen molar-refractivity contribution in [1.29, 1.82) is 0 Å². The number of rotatable bonds is 13. The first-order valence-corrected chi connectivity index (χ1v) is 9.19. The highest BCUT2D eigenvalue weighted by atomic mass is 16.9. The Morgan fingerprint density at radius 2 is 1.32 bits per heavy atom. The number of carbonyl (C=O) groups is 4. The topological polar surface area (TPSA) is 135 Å². The van der Waals surface area contributed by atoms with Crippen molar-refractivity contribution in [3.05, 3.63) is 12.5 Å². The van der Waals surface area contributed by atoms with E-state index >= 15 is 0 Å². The second kappa shape index (κ2) is 11.8. The molecule has 0 bridgehead atoms. The summed E-state index contributed by atoms with van der Waals surface area (Å²) in [6.07, 6.45) is 6.13. The van der Waals surface area contributed by atoms with Crippen molar-refractivity contribution in [3.63, 3.8) is 0 Å². The van der Waals surface area contributed by atoms with E-state index in [0.717, 1.165) is 38.2 Å². The minimum absolute atomic E-state index is 0.0217. The van der Waals surface area contributed by atoms with Crippen LogP contribution < -0.4 is 0 Å². The third-order valence-electron chi connectivity index (χ3n) is 3.70. The molecule has 0 unspecified atom stereocenters. The summed E-state index contributed by atoms with van der Waals surface area (Å²) in [6.45, 7) is 1.86. The highest BCUT2D eigenvalue weighted by Gasteiger charge is 2.56. The Morgan fingerprint density at radius 3 is 1.71 bits per heavy atom. The molecule has 0 aromatic carbocycles. The van der Waals surface area contributed by atoms with Crippen LogP contribution in [0.4, 0.5) is 0 Å². The second-order valence-electron chi connectivity index (χ2n) is 6.02. The van der Waals surface area contributed by atoms with E-state index < -0.39 is 36.1 Å². The third-order valence-corrected chi connectivity index (χ3v) is 3.70. The molecular formula is C18H26O10. The van der Waals surface area contributed by atoms with Crippen LogP contribution in [0.2, 0.25) is 0 Å². The Kier molecular flexibility index (Phi) is 9.83. The number of esters is 3. The summed E-state index contributed by atoms with van der Waals surface area (Å²) in [7, 11) is 0. The Balaban J connectivity index is 2.75. The maximum Gasteiger partial charge on any atom is 0.452 e. The third kappa shape index (κ3) is 7.09. The van der Waals surface area contributed by atoms with Gasteiger partial charge in [-0.1, -0.05) is 39.5 Å². The minimum Gasteiger partial charge on any atom is -0.475 e. The summed E-state index contributed by atoms with van der Waals surface area (Å²) in [4.78, 5) is 47.3. The molecular weight excluding hydrogens is 376 g/mol. The molecule has 10 nitrogen and oxygen atoms in total. The van der Waals surface area contributed by atoms with Crippen LogP contribution in [0.3, 0.4) is 0 Å². The second-order valence-corrected chi connectivity index (χ2v) is 6.02. The van der Waals surface area contributed by atoms with E-state index in [0.29, 0.717) is 12.8 Å². The Bertz CT molecular complexity index is 551. The summed E-state index contributed by atoms with van der Waals surface area (Å²) in [5, 5.41) is 9.19. The lowest BCUT2D eigenvalue weighted by Crippen LogP contribution is -2.50. The van der Waals surface area contributed by atoms with Gasteiger partial charge in [-0.3, -0.25) is 9.59 Å². The number of carbonyl (C=O) groups excluding carboxylic acids is 3. The quantitative estimate of drug-likeness (QED) is 0.212. The van der Waals surface area contributed by atoms with Crippen LogP contribution in [0.1, 0.15) is 65.2 Å². The van der Waals surface area contributed by atoms with E-state index in [1.54, 1.807) is 0 Å². The van der Waals surface area contributed by atoms with Gasteiger partial charge in [0, 0.05) is 12.8 Å². The van der Waals surface area contributed by atoms with Gasteiger partial charge in [0.15, 0.2) is 0 Å². The van der Waals surface area contributed by atoms with Crippen LogP contribution in [0.5, 0.6) is 0 Å². The molecule has 0 radical (unpaired) electrons. The highest BCUT2D eigenvalue weighted by Crippen LogP contribution is 2.24. The molecule has 0 saturated carbocycles. The lowest BCUT2D eigenvalue weighted by Gasteiger charge is -2.23. The predicted molar refractivity (Wildman–Crippen MR) is 92.0 cm³/mol. The number of unbranched alkanes of at least 4 members (excludes halogenated alkanes) is 4. The Hall–Kier alpha value is -2.78. The van der Waals surface area contributed by atoms with Crippen molar-refractivity contribution >= 4 is 23.9 Å². The van der Waals surface area contributed by atoms with Gasteiger partial charge in [-0.2, -0.15) is 0 Å². The lowest BCUT2D eigenvalue weighted by molar-refractivity contribution is -0.274. The van der Waals surface area contributed by atoms with Gasteiger partial charge >= 0.3 is 36.1 Å². The van der Waals surface area contributed by atoms with E-state index in [9.17, 15) is 24.3 Å². The maximum atomic E-state index is 12.2. The fourth-order valence-electron chi connectivity index (χ4n) is 2.17. The number of aliphatic carboxylic acids is 1. The van der Waals surface area contributed by atoms with Gasteiger partial charge in [-0.15, -0.1) is 0 Å². The molecule has 0 atom stereocenters. The predicted octanol–water partition coefficient (Wildman–Crippen LogP) is 2.36. The molecule has 1 aliphatic rings. The SMILES string of the molecule is CCCCCC(=O)OC(OC(=O)CCCCC)OC(=O)C1(C(=O)O)OC=CO1. The fraction of sp³-hybridized carbons (Fsp3) is 0.667. The lowest BCUT2D eigenvalue weighted by atomic mass is 10.2. The first-order chi connectivity index (χ1) is 13.4. The molecule has 158 valence electrons. The standard InChI is InChI=1S/C18H26O10/c1-3-5-7-9-13(19)26-17(27-14(20)10-8-6-4-2)28-16(23)18(15(21)22)24-11-12-25-18/h11-12,17H,3-10H2,1-2H3,(H,21,22). The zero-order valence-electron chi connectivity index (χ0n) is 16.0. The summed E-state index contributed by atoms with van der Waals surface area (Å²) in [6, 6.07) is 0. The van der Waals surface area contributed by atoms with Crippen molar-refractivity contribution < 1.29 is 48.0 Å². The largest absolute Gasteiger partial charge is 0.475 e. The van der Waals surface area contributed by atoms with Gasteiger partial charge in [0.1, 0.15) is 12.5 Å². The van der Waals surface area contributed by atoms with E-state index in [1.165, 1.54) is 0 Å². The van der Waals surface area contributed by atoms with Crippen molar-refractivity contribution in [1.82, 2.24) is 0 Å². The average molecular weight is 402 g/mol. The minimum atomic E-state index is -2.79. The monoisotopic (exact) mass is 402 g/mol. The van der Waals surface area contributed by atoms with Gasteiger partial charge in [0.05, 0.1) is 0 Å². The van der Waals surface area contributed by atoms with Crippen molar-refractivity contribution in [3.8, 4) is 0 Å². The molecule has 0 fully saturated rings. The van der Waals surface area contributed by atoms with Crippen molar-refractivity contribution in [2.24, 2.45) is 0 Å². The van der Waals surface area contributed by atoms with Crippen LogP contribution in [-0.4, -0.2) is 41.2 Å². The van der Waals surface area contributed by atoms with Crippen LogP contribution >= 0.6 is 0 Å². The van der Waals surface area contributed by atoms with Crippen LogP contribution in [0.15, 0.2) is 12.5 Å². The molecule has 10 heteroatoms. The van der Waals surface area contributed by atoms with Crippen LogP contribution in [0.25, 0.3) is 0 Å². The van der Waals surface area contributed by atoms with E-state index in [1.807, 2.05) is 13.8 Å². The van der Waals surface area contributed by atoms with Gasteiger partial charge in [0.2, 0.25) is 0 Å². The zero-order valence-corrected chi connectivity index (χ0v) is 16.0. The van der Waals surface area contributed by atoms with Gasteiger partial charge in [-0.05, 0) is 12.8 Å². The van der Waals surface area contributed by atoms with E-state index in [2.05, 4.69) is 9.47 Å². The van der Waals surface area contributed by atoms with E-state index in [4.69, 9.17) is 14.2 Å². The number of ether oxygens (including phenoxy) is 5. The molecule has 0 amide bonds. The summed E-state index contributed by atoms with van der Waals surface area (Å²) in [5.74, 6) is -7.64. The Labute approximate surface area is 162 Å². The summed E-state index contributed by atoms with van der Waals surface area (Å²) in [5.41, 5.74) is 0. The molecule has 1 N–H and O–H groups in total. The van der Waals surface area contributed by atoms with Gasteiger partial charge in [-0.25, -0.2) is 9.59 Å². The zero-order chi connectivity index (χ0) is 21.0. The number of carboxylic acids is 1. The van der Waals surface area contributed by atoms with Crippen LogP contribution in [-0.2, 0) is 42.9 Å². The molecule has 28 heavy (non-hydrogen) atoms. The summed E-state index contributed by atoms with van der Waals surface area (Å²) >= 11 is 0. The first-order valence-electron chi connectivity index (χ1n) is 9.19. The molecule has 1 heterocycles. The number of carboxylic acid groups (broad SMARTS) is 1. The molecule has 1 rings (SSSR count). The Morgan fingerprint density at radius 1 is 0.857 bits per heavy atom. The average Bonchev–Trinajstić information content (AvgIpc) is 3.13. The first kappa shape index (κ1) is 23.3. The molecule has 0 aliphatic carbocycles. The van der Waals surface area contributed by atoms with Crippen molar-refractivity contribution in [2.75, 3.05) is 0 Å². The summed E-state index contributed by atoms with van der Waals surface area (Å²) < 4.78 is 23.9. The molecule has 0 spiro atoms. The fourth-order valence-corrected chi connectivity index (χ4v) is 2.17. The van der Waals surface area contributed by atoms with E-state index in [-0.39, 0.29) is 12.8 Å². The molecule has 0 saturated heterocycles.